The van der Waals surface area contributed by atoms with E-state index in [1.54, 1.807) is 30.2 Å². The van der Waals surface area contributed by atoms with Crippen molar-refractivity contribution in [3.05, 3.63) is 48.0 Å². The molecule has 1 atom stereocenters. The van der Waals surface area contributed by atoms with E-state index < -0.39 is 6.04 Å². The number of hydrogen-bond acceptors (Lipinski definition) is 4. The normalized spacial score (nSPS) is 15.8. The summed E-state index contributed by atoms with van der Waals surface area (Å²) in [6.45, 7) is 2.49. The smallest absolute Gasteiger partial charge is 0.322 e. The summed E-state index contributed by atoms with van der Waals surface area (Å²) >= 11 is 0. The number of hydrogen-bond donors (Lipinski definition) is 2. The maximum absolute atomic E-state index is 12.9. The number of nitrogens with zero attached hydrogens (tertiary/aromatic N) is 1. The van der Waals surface area contributed by atoms with E-state index >= 15 is 0 Å². The Balaban J connectivity index is 1.72. The molecule has 2 aromatic carbocycles. The Kier molecular flexibility index (Phi) is 6.03. The van der Waals surface area contributed by atoms with Gasteiger partial charge in [0.2, 0.25) is 5.91 Å². The molecule has 0 saturated carbocycles. The van der Waals surface area contributed by atoms with E-state index in [-0.39, 0.29) is 11.9 Å². The molecule has 0 unspecified atom stereocenters. The first-order valence-electron chi connectivity index (χ1n) is 9.19. The SMILES string of the molecule is COc1ccc(OC)c(NC(=O)[C@H]2CCCN2C(=O)Nc2cccc(C)c2)c1. The number of ether oxygens (including phenoxy) is 2. The Hall–Kier alpha value is -3.22. The van der Waals surface area contributed by atoms with Crippen molar-refractivity contribution < 1.29 is 19.1 Å². The highest BCUT2D eigenvalue weighted by atomic mass is 16.5. The van der Waals surface area contributed by atoms with Gasteiger partial charge in [0.25, 0.3) is 0 Å². The summed E-state index contributed by atoms with van der Waals surface area (Å²) in [7, 11) is 3.09. The summed E-state index contributed by atoms with van der Waals surface area (Å²) in [6, 6.07) is 11.9. The van der Waals surface area contributed by atoms with Crippen LogP contribution in [0, 0.1) is 6.92 Å². The van der Waals surface area contributed by atoms with Crippen LogP contribution in [0.3, 0.4) is 0 Å². The van der Waals surface area contributed by atoms with E-state index in [0.29, 0.717) is 35.8 Å². The predicted octanol–water partition coefficient (Wildman–Crippen LogP) is 3.65. The highest BCUT2D eigenvalue weighted by Gasteiger charge is 2.34. The first-order chi connectivity index (χ1) is 13.5. The minimum atomic E-state index is -0.541. The van der Waals surface area contributed by atoms with Crippen LogP contribution in [0.5, 0.6) is 11.5 Å². The minimum Gasteiger partial charge on any atom is -0.497 e. The topological polar surface area (TPSA) is 79.9 Å². The van der Waals surface area contributed by atoms with Crippen LogP contribution < -0.4 is 20.1 Å². The van der Waals surface area contributed by atoms with Gasteiger partial charge in [0.05, 0.1) is 19.9 Å². The van der Waals surface area contributed by atoms with Gasteiger partial charge in [0, 0.05) is 18.3 Å². The van der Waals surface area contributed by atoms with Gasteiger partial charge in [-0.25, -0.2) is 4.79 Å². The summed E-state index contributed by atoms with van der Waals surface area (Å²) in [5, 5.41) is 5.75. The average molecular weight is 383 g/mol. The van der Waals surface area contributed by atoms with Gasteiger partial charge in [-0.3, -0.25) is 4.79 Å². The Bertz CT molecular complexity index is 868. The van der Waals surface area contributed by atoms with Gasteiger partial charge < -0.3 is 25.0 Å². The van der Waals surface area contributed by atoms with Gasteiger partial charge in [0.1, 0.15) is 17.5 Å². The molecule has 2 aromatic rings. The second-order valence-corrected chi connectivity index (χ2v) is 6.71. The Labute approximate surface area is 164 Å². The number of nitrogens with one attached hydrogen (secondary N) is 2. The van der Waals surface area contributed by atoms with Crippen LogP contribution in [0.4, 0.5) is 16.2 Å². The van der Waals surface area contributed by atoms with Crippen molar-refractivity contribution in [2.75, 3.05) is 31.4 Å². The summed E-state index contributed by atoms with van der Waals surface area (Å²) in [5.74, 6) is 0.892. The van der Waals surface area contributed by atoms with Crippen LogP contribution in [-0.2, 0) is 4.79 Å². The molecule has 3 amide bonds. The van der Waals surface area contributed by atoms with Gasteiger partial charge in [-0.2, -0.15) is 0 Å². The van der Waals surface area contributed by atoms with Crippen LogP contribution in [-0.4, -0.2) is 43.6 Å². The van der Waals surface area contributed by atoms with Crippen molar-refractivity contribution in [3.63, 3.8) is 0 Å². The third kappa shape index (κ3) is 4.36. The van der Waals surface area contributed by atoms with Crippen molar-refractivity contribution in [3.8, 4) is 11.5 Å². The van der Waals surface area contributed by atoms with Crippen molar-refractivity contribution in [2.45, 2.75) is 25.8 Å². The molecule has 0 aliphatic carbocycles. The molecule has 7 nitrogen and oxygen atoms in total. The lowest BCUT2D eigenvalue weighted by molar-refractivity contribution is -0.119. The first-order valence-corrected chi connectivity index (χ1v) is 9.19. The number of urea groups is 1. The van der Waals surface area contributed by atoms with E-state index in [2.05, 4.69) is 10.6 Å². The molecule has 0 spiro atoms. The van der Waals surface area contributed by atoms with Crippen LogP contribution in [0.1, 0.15) is 18.4 Å². The van der Waals surface area contributed by atoms with Crippen LogP contribution in [0.15, 0.2) is 42.5 Å². The summed E-state index contributed by atoms with van der Waals surface area (Å²) < 4.78 is 10.5. The zero-order valence-corrected chi connectivity index (χ0v) is 16.3. The van der Waals surface area contributed by atoms with Gasteiger partial charge in [-0.1, -0.05) is 12.1 Å². The zero-order chi connectivity index (χ0) is 20.1. The molecule has 0 bridgehead atoms. The van der Waals surface area contributed by atoms with Crippen molar-refractivity contribution in [2.24, 2.45) is 0 Å². The molecule has 7 heteroatoms. The average Bonchev–Trinajstić information content (AvgIpc) is 3.18. The van der Waals surface area contributed by atoms with Gasteiger partial charge in [0.15, 0.2) is 0 Å². The van der Waals surface area contributed by atoms with Crippen LogP contribution in [0.2, 0.25) is 0 Å². The van der Waals surface area contributed by atoms with Crippen molar-refractivity contribution in [1.29, 1.82) is 0 Å². The molecule has 1 aliphatic heterocycles. The molecule has 28 heavy (non-hydrogen) atoms. The standard InChI is InChI=1S/C21H25N3O4/c1-14-6-4-7-15(12-14)22-21(26)24-11-5-8-18(24)20(25)23-17-13-16(27-2)9-10-19(17)28-3/h4,6-7,9-10,12-13,18H,5,8,11H2,1-3H3,(H,22,26)(H,23,25)/t18-/m1/s1. The first kappa shape index (κ1) is 19.5. The summed E-state index contributed by atoms with van der Waals surface area (Å²) in [6.07, 6.45) is 1.38. The lowest BCUT2D eigenvalue weighted by atomic mass is 10.2. The third-order valence-electron chi connectivity index (χ3n) is 4.75. The predicted molar refractivity (Wildman–Crippen MR) is 108 cm³/mol. The van der Waals surface area contributed by atoms with E-state index in [0.717, 1.165) is 12.0 Å². The Morgan fingerprint density at radius 3 is 2.61 bits per heavy atom. The van der Waals surface area contributed by atoms with Crippen LogP contribution in [0.25, 0.3) is 0 Å². The molecule has 1 fully saturated rings. The molecule has 1 saturated heterocycles. The zero-order valence-electron chi connectivity index (χ0n) is 16.3. The molecule has 1 heterocycles. The van der Waals surface area contributed by atoms with Crippen molar-refractivity contribution >= 4 is 23.3 Å². The van der Waals surface area contributed by atoms with Crippen molar-refractivity contribution in [1.82, 2.24) is 4.90 Å². The number of carbonyl (C=O) groups excluding carboxylic acids is 2. The quantitative estimate of drug-likeness (QED) is 0.826. The molecule has 1 aliphatic rings. The molecule has 3 rings (SSSR count). The highest BCUT2D eigenvalue weighted by Crippen LogP contribution is 2.30. The molecule has 148 valence electrons. The molecular formula is C21H25N3O4. The summed E-state index contributed by atoms with van der Waals surface area (Å²) in [4.78, 5) is 27.2. The van der Waals surface area contributed by atoms with E-state index in [4.69, 9.17) is 9.47 Å². The number of carbonyl (C=O) groups is 2. The fourth-order valence-electron chi connectivity index (χ4n) is 3.33. The largest absolute Gasteiger partial charge is 0.497 e. The number of anilines is 2. The Morgan fingerprint density at radius 2 is 1.89 bits per heavy atom. The number of methoxy groups -OCH3 is 2. The Morgan fingerprint density at radius 1 is 1.07 bits per heavy atom. The maximum Gasteiger partial charge on any atom is 0.322 e. The van der Waals surface area contributed by atoms with E-state index in [1.165, 1.54) is 7.11 Å². The van der Waals surface area contributed by atoms with E-state index in [1.807, 2.05) is 31.2 Å². The fourth-order valence-corrected chi connectivity index (χ4v) is 3.33. The molecule has 0 aromatic heterocycles. The van der Waals surface area contributed by atoms with Crippen LogP contribution >= 0.6 is 0 Å². The second kappa shape index (κ2) is 8.65. The number of likely N-dealkylation sites (tertiary alicyclic amines) is 1. The summed E-state index contributed by atoms with van der Waals surface area (Å²) in [5.41, 5.74) is 2.28. The second-order valence-electron chi connectivity index (χ2n) is 6.71. The molecule has 2 N–H and O–H groups in total. The number of amides is 3. The highest BCUT2D eigenvalue weighted by molar-refractivity contribution is 6.00. The lowest BCUT2D eigenvalue weighted by Gasteiger charge is -2.24. The molecular weight excluding hydrogens is 358 g/mol. The fraction of sp³-hybridized carbons (Fsp3) is 0.333. The van der Waals surface area contributed by atoms with E-state index in [9.17, 15) is 9.59 Å². The lowest BCUT2D eigenvalue weighted by Crippen LogP contribution is -2.45. The van der Waals surface area contributed by atoms with Gasteiger partial charge in [-0.15, -0.1) is 0 Å². The maximum atomic E-state index is 12.9. The van der Waals surface area contributed by atoms with Gasteiger partial charge >= 0.3 is 6.03 Å². The third-order valence-corrected chi connectivity index (χ3v) is 4.75. The van der Waals surface area contributed by atoms with Gasteiger partial charge in [-0.05, 0) is 49.6 Å². The molecule has 0 radical (unpaired) electrons. The monoisotopic (exact) mass is 383 g/mol. The number of aryl methyl sites for hydroxylation is 1. The number of rotatable bonds is 5. The number of benzene rings is 2. The minimum absolute atomic E-state index is 0.247.